The molecule has 2 aromatic carbocycles. The Kier molecular flexibility index (Phi) is 22.5. The van der Waals surface area contributed by atoms with Crippen LogP contribution in [0.2, 0.25) is 0 Å². The molecule has 0 heterocycles. The van der Waals surface area contributed by atoms with Crippen molar-refractivity contribution in [2.24, 2.45) is 0 Å². The van der Waals surface area contributed by atoms with Crippen molar-refractivity contribution < 1.29 is 20.1 Å². The van der Waals surface area contributed by atoms with E-state index < -0.39 is 0 Å². The molecule has 4 nitrogen and oxygen atoms in total. The van der Waals surface area contributed by atoms with E-state index in [1.165, 1.54) is 116 Å². The Morgan fingerprint density at radius 2 is 0.791 bits per heavy atom. The zero-order chi connectivity index (χ0) is 31.7. The Hall–Kier alpha value is -2.36. The first-order valence-electron chi connectivity index (χ1n) is 17.7. The van der Waals surface area contributed by atoms with Gasteiger partial charge in [-0.3, -0.25) is 0 Å². The number of hydrogen-bond acceptors (Lipinski definition) is 4. The Bertz CT molecular complexity index is 900. The SMILES string of the molecule is CCCCCCCCCCCCc1cc(O)cc(CCCCCCCCCCCC)c1O.COc1cc(C)c(O)c(C)c1. The third-order valence-electron chi connectivity index (χ3n) is 8.55. The van der Waals surface area contributed by atoms with Crippen molar-refractivity contribution in [3.05, 3.63) is 46.5 Å². The van der Waals surface area contributed by atoms with E-state index in [0.29, 0.717) is 17.2 Å². The van der Waals surface area contributed by atoms with Crippen LogP contribution in [0.1, 0.15) is 165 Å². The first-order chi connectivity index (χ1) is 20.8. The number of phenolic OH excluding ortho intramolecular Hbond substituents is 3. The average molecular weight is 599 g/mol. The molecule has 0 atom stereocenters. The first-order valence-corrected chi connectivity index (χ1v) is 17.7. The van der Waals surface area contributed by atoms with Crippen LogP contribution < -0.4 is 4.74 Å². The van der Waals surface area contributed by atoms with Gasteiger partial charge < -0.3 is 20.1 Å². The summed E-state index contributed by atoms with van der Waals surface area (Å²) in [6, 6.07) is 7.15. The van der Waals surface area contributed by atoms with Crippen molar-refractivity contribution in [1.29, 1.82) is 0 Å². The highest BCUT2D eigenvalue weighted by molar-refractivity contribution is 5.46. The fourth-order valence-electron chi connectivity index (χ4n) is 5.76. The van der Waals surface area contributed by atoms with Gasteiger partial charge in [0, 0.05) is 0 Å². The van der Waals surface area contributed by atoms with Crippen molar-refractivity contribution in [2.75, 3.05) is 7.11 Å². The van der Waals surface area contributed by atoms with E-state index >= 15 is 0 Å². The van der Waals surface area contributed by atoms with Crippen molar-refractivity contribution in [3.63, 3.8) is 0 Å². The molecule has 3 N–H and O–H groups in total. The molecule has 0 fully saturated rings. The number of benzene rings is 2. The molecule has 0 aromatic heterocycles. The Labute approximate surface area is 265 Å². The molecule has 2 rings (SSSR count). The lowest BCUT2D eigenvalue weighted by Crippen LogP contribution is -1.94. The summed E-state index contributed by atoms with van der Waals surface area (Å²) in [5.41, 5.74) is 3.57. The lowest BCUT2D eigenvalue weighted by Gasteiger charge is -2.11. The zero-order valence-corrected chi connectivity index (χ0v) is 28.6. The number of methoxy groups -OCH3 is 1. The largest absolute Gasteiger partial charge is 0.508 e. The number of rotatable bonds is 23. The van der Waals surface area contributed by atoms with E-state index in [-0.39, 0.29) is 0 Å². The van der Waals surface area contributed by atoms with Gasteiger partial charge in [0.05, 0.1) is 7.11 Å². The van der Waals surface area contributed by atoms with E-state index in [1.54, 1.807) is 19.2 Å². The normalized spacial score (nSPS) is 10.9. The van der Waals surface area contributed by atoms with Gasteiger partial charge in [-0.05, 0) is 86.1 Å². The monoisotopic (exact) mass is 598 g/mol. The summed E-state index contributed by atoms with van der Waals surface area (Å²) in [4.78, 5) is 0. The summed E-state index contributed by atoms with van der Waals surface area (Å²) in [5, 5.41) is 30.2. The van der Waals surface area contributed by atoms with Crippen LogP contribution in [0, 0.1) is 13.8 Å². The lowest BCUT2D eigenvalue weighted by atomic mass is 9.97. The number of aryl methyl sites for hydroxylation is 4. The fraction of sp³-hybridized carbons (Fsp3) is 0.692. The van der Waals surface area contributed by atoms with Crippen LogP contribution in [0.5, 0.6) is 23.0 Å². The summed E-state index contributed by atoms with van der Waals surface area (Å²) in [5.74, 6) is 1.89. The fourth-order valence-corrected chi connectivity index (χ4v) is 5.76. The van der Waals surface area contributed by atoms with E-state index in [1.807, 2.05) is 26.0 Å². The molecule has 0 saturated carbocycles. The van der Waals surface area contributed by atoms with Crippen LogP contribution >= 0.6 is 0 Å². The molecular formula is C39H66O4. The Morgan fingerprint density at radius 1 is 0.465 bits per heavy atom. The smallest absolute Gasteiger partial charge is 0.122 e. The topological polar surface area (TPSA) is 69.9 Å². The molecule has 43 heavy (non-hydrogen) atoms. The van der Waals surface area contributed by atoms with Gasteiger partial charge in [0.1, 0.15) is 23.0 Å². The third kappa shape index (κ3) is 18.1. The summed E-state index contributed by atoms with van der Waals surface area (Å²) in [6.45, 7) is 8.24. The number of phenols is 3. The predicted molar refractivity (Wildman–Crippen MR) is 185 cm³/mol. The van der Waals surface area contributed by atoms with Crippen LogP contribution in [0.4, 0.5) is 0 Å². The molecular weight excluding hydrogens is 532 g/mol. The third-order valence-corrected chi connectivity index (χ3v) is 8.55. The van der Waals surface area contributed by atoms with Crippen LogP contribution in [-0.2, 0) is 12.8 Å². The van der Waals surface area contributed by atoms with Gasteiger partial charge in [-0.15, -0.1) is 0 Å². The lowest BCUT2D eigenvalue weighted by molar-refractivity contribution is 0.410. The molecule has 0 aliphatic heterocycles. The second-order valence-corrected chi connectivity index (χ2v) is 12.6. The molecule has 0 aliphatic rings. The minimum atomic E-state index is 0.312. The Balaban J connectivity index is 0.000000699. The molecule has 0 amide bonds. The molecule has 0 spiro atoms. The van der Waals surface area contributed by atoms with E-state index in [0.717, 1.165) is 53.7 Å². The van der Waals surface area contributed by atoms with E-state index in [2.05, 4.69) is 13.8 Å². The van der Waals surface area contributed by atoms with Crippen molar-refractivity contribution in [2.45, 2.75) is 169 Å². The molecule has 246 valence electrons. The maximum atomic E-state index is 10.7. The van der Waals surface area contributed by atoms with Crippen molar-refractivity contribution in [1.82, 2.24) is 0 Å². The zero-order valence-electron chi connectivity index (χ0n) is 28.6. The molecule has 0 bridgehead atoms. The second kappa shape index (κ2) is 25.0. The Morgan fingerprint density at radius 3 is 1.12 bits per heavy atom. The molecule has 0 saturated heterocycles. The van der Waals surface area contributed by atoms with Crippen LogP contribution in [0.15, 0.2) is 24.3 Å². The van der Waals surface area contributed by atoms with Gasteiger partial charge in [0.25, 0.3) is 0 Å². The molecule has 0 aliphatic carbocycles. The van der Waals surface area contributed by atoms with Gasteiger partial charge in [0.2, 0.25) is 0 Å². The summed E-state index contributed by atoms with van der Waals surface area (Å²) < 4.78 is 5.02. The molecule has 0 unspecified atom stereocenters. The number of hydrogen-bond donors (Lipinski definition) is 3. The summed E-state index contributed by atoms with van der Waals surface area (Å²) in [7, 11) is 1.62. The van der Waals surface area contributed by atoms with Gasteiger partial charge >= 0.3 is 0 Å². The molecule has 0 radical (unpaired) electrons. The summed E-state index contributed by atoms with van der Waals surface area (Å²) >= 11 is 0. The van der Waals surface area contributed by atoms with E-state index in [4.69, 9.17) is 4.74 Å². The van der Waals surface area contributed by atoms with Gasteiger partial charge in [-0.25, -0.2) is 0 Å². The number of unbranched alkanes of at least 4 members (excludes halogenated alkanes) is 18. The molecule has 2 aromatic rings. The highest BCUT2D eigenvalue weighted by atomic mass is 16.5. The number of ether oxygens (including phenoxy) is 1. The van der Waals surface area contributed by atoms with Crippen LogP contribution in [-0.4, -0.2) is 22.4 Å². The standard InChI is InChI=1S/C30H54O2.C9H12O2/c1-3-5-7-9-11-13-15-17-19-21-23-27-25-29(31)26-28(30(27)32)24-22-20-18-16-14-12-10-8-6-4-2;1-6-4-8(11-3)5-7(2)9(6)10/h25-26,31-32H,3-24H2,1-2H3;4-5,10H,1-3H3. The van der Waals surface area contributed by atoms with Gasteiger partial charge in [0.15, 0.2) is 0 Å². The highest BCUT2D eigenvalue weighted by Gasteiger charge is 2.10. The summed E-state index contributed by atoms with van der Waals surface area (Å²) in [6.07, 6.45) is 28.1. The predicted octanol–water partition coefficient (Wildman–Crippen LogP) is 12.0. The maximum Gasteiger partial charge on any atom is 0.122 e. The minimum absolute atomic E-state index is 0.312. The first kappa shape index (κ1) is 38.7. The second-order valence-electron chi connectivity index (χ2n) is 12.6. The van der Waals surface area contributed by atoms with Gasteiger partial charge in [-0.2, -0.15) is 0 Å². The maximum absolute atomic E-state index is 10.7. The van der Waals surface area contributed by atoms with Gasteiger partial charge in [-0.1, -0.05) is 129 Å². The quantitative estimate of drug-likeness (QED) is 0.0879. The average Bonchev–Trinajstić information content (AvgIpc) is 2.99. The number of aromatic hydroxyl groups is 3. The van der Waals surface area contributed by atoms with Crippen molar-refractivity contribution >= 4 is 0 Å². The van der Waals surface area contributed by atoms with Crippen LogP contribution in [0.25, 0.3) is 0 Å². The molecule has 4 heteroatoms. The minimum Gasteiger partial charge on any atom is -0.508 e. The van der Waals surface area contributed by atoms with Crippen molar-refractivity contribution in [3.8, 4) is 23.0 Å². The highest BCUT2D eigenvalue weighted by Crippen LogP contribution is 2.31. The van der Waals surface area contributed by atoms with E-state index in [9.17, 15) is 15.3 Å². The van der Waals surface area contributed by atoms with Crippen LogP contribution in [0.3, 0.4) is 0 Å².